The topological polar surface area (TPSA) is 77.0 Å². The highest BCUT2D eigenvalue weighted by molar-refractivity contribution is 9.10. The van der Waals surface area contributed by atoms with Crippen LogP contribution in [0.1, 0.15) is 18.1 Å². The molecule has 0 fully saturated rings. The monoisotopic (exact) mass is 528 g/mol. The number of benzene rings is 2. The lowest BCUT2D eigenvalue weighted by atomic mass is 10.2. The van der Waals surface area contributed by atoms with Gasteiger partial charge in [0.15, 0.2) is 16.7 Å². The van der Waals surface area contributed by atoms with Crippen LogP contribution < -0.4 is 14.8 Å². The molecule has 6 nitrogen and oxygen atoms in total. The Labute approximate surface area is 195 Å². The van der Waals surface area contributed by atoms with Gasteiger partial charge in [0.05, 0.1) is 16.5 Å². The van der Waals surface area contributed by atoms with Gasteiger partial charge in [0.2, 0.25) is 5.91 Å². The number of carbonyl (C=O) groups excluding carboxylic acids is 2. The van der Waals surface area contributed by atoms with E-state index in [4.69, 9.17) is 32.7 Å². The van der Waals surface area contributed by atoms with Gasteiger partial charge < -0.3 is 14.8 Å². The molecular weight excluding hydrogens is 515 g/mol. The number of amides is 2. The van der Waals surface area contributed by atoms with Crippen LogP contribution in [0.3, 0.4) is 0 Å². The summed E-state index contributed by atoms with van der Waals surface area (Å²) in [5.41, 5.74) is 1.47. The number of hydrogen-bond acceptors (Lipinski definition) is 5. The van der Waals surface area contributed by atoms with Gasteiger partial charge in [-0.2, -0.15) is 4.99 Å². The number of aliphatic imine (C=N–C) groups is 1. The van der Waals surface area contributed by atoms with E-state index in [1.54, 1.807) is 36.4 Å². The molecule has 30 heavy (non-hydrogen) atoms. The maximum absolute atomic E-state index is 12.1. The number of rotatable bonds is 5. The average Bonchev–Trinajstić information content (AvgIpc) is 2.99. The van der Waals surface area contributed by atoms with Crippen LogP contribution in [0.5, 0.6) is 11.5 Å². The predicted octanol–water partition coefficient (Wildman–Crippen LogP) is 5.45. The Balaban J connectivity index is 1.80. The molecule has 2 aromatic rings. The lowest BCUT2D eigenvalue weighted by Crippen LogP contribution is -2.23. The zero-order valence-corrected chi connectivity index (χ0v) is 19.7. The number of amidine groups is 1. The van der Waals surface area contributed by atoms with Crippen molar-refractivity contribution < 1.29 is 19.1 Å². The van der Waals surface area contributed by atoms with Crippen molar-refractivity contribution in [3.8, 4) is 11.5 Å². The van der Waals surface area contributed by atoms with Gasteiger partial charge in [0.25, 0.3) is 5.91 Å². The van der Waals surface area contributed by atoms with E-state index < -0.39 is 5.91 Å². The number of ether oxygens (including phenoxy) is 2. The Kier molecular flexibility index (Phi) is 7.46. The van der Waals surface area contributed by atoms with E-state index in [-0.39, 0.29) is 17.7 Å². The maximum Gasteiger partial charge on any atom is 0.286 e. The summed E-state index contributed by atoms with van der Waals surface area (Å²) in [4.78, 5) is 27.4. The Morgan fingerprint density at radius 1 is 1.30 bits per heavy atom. The highest BCUT2D eigenvalue weighted by Gasteiger charge is 2.23. The second kappa shape index (κ2) is 9.87. The van der Waals surface area contributed by atoms with Gasteiger partial charge in [0.1, 0.15) is 6.61 Å². The first-order chi connectivity index (χ1) is 14.3. The summed E-state index contributed by atoms with van der Waals surface area (Å²) in [5, 5.41) is 3.82. The fourth-order valence-corrected chi connectivity index (χ4v) is 4.41. The highest BCUT2D eigenvalue weighted by Crippen LogP contribution is 2.39. The standard InChI is InChI=1S/C20H15BrCl2N2O4S/c1-10(26)24-20-25-19(27)17(30-20)7-11-5-14(21)18(16(6-11)28-2)29-9-12-3-4-13(22)8-15(12)23/h3-8H,9H2,1-2H3,(H,24,25,26,27). The molecule has 0 aliphatic carbocycles. The van der Waals surface area contributed by atoms with E-state index in [1.807, 2.05) is 0 Å². The van der Waals surface area contributed by atoms with Crippen LogP contribution in [0, 0.1) is 0 Å². The zero-order chi connectivity index (χ0) is 21.8. The van der Waals surface area contributed by atoms with Crippen LogP contribution in [0.4, 0.5) is 0 Å². The number of nitrogens with one attached hydrogen (secondary N) is 1. The molecule has 0 saturated heterocycles. The van der Waals surface area contributed by atoms with Crippen molar-refractivity contribution in [1.82, 2.24) is 5.32 Å². The number of nitrogens with zero attached hydrogens (tertiary/aromatic N) is 1. The van der Waals surface area contributed by atoms with Crippen molar-refractivity contribution >= 4 is 74.0 Å². The molecule has 156 valence electrons. The minimum Gasteiger partial charge on any atom is -0.493 e. The molecular formula is C20H15BrCl2N2O4S. The van der Waals surface area contributed by atoms with Gasteiger partial charge in [0, 0.05) is 22.5 Å². The summed E-state index contributed by atoms with van der Waals surface area (Å²) in [6.07, 6.45) is 1.67. The predicted molar refractivity (Wildman–Crippen MR) is 123 cm³/mol. The quantitative estimate of drug-likeness (QED) is 0.521. The van der Waals surface area contributed by atoms with Gasteiger partial charge >= 0.3 is 0 Å². The normalized spacial score (nSPS) is 14.6. The molecule has 0 aromatic heterocycles. The summed E-state index contributed by atoms with van der Waals surface area (Å²) in [7, 11) is 1.52. The molecule has 0 spiro atoms. The Morgan fingerprint density at radius 3 is 2.73 bits per heavy atom. The molecule has 2 amide bonds. The van der Waals surface area contributed by atoms with E-state index in [9.17, 15) is 9.59 Å². The Bertz CT molecular complexity index is 1090. The van der Waals surface area contributed by atoms with Crippen molar-refractivity contribution in [2.24, 2.45) is 4.99 Å². The molecule has 0 saturated carbocycles. The molecule has 1 aliphatic rings. The van der Waals surface area contributed by atoms with Crippen molar-refractivity contribution in [3.63, 3.8) is 0 Å². The average molecular weight is 530 g/mol. The summed E-state index contributed by atoms with van der Waals surface area (Å²) in [6, 6.07) is 8.71. The number of methoxy groups -OCH3 is 1. The van der Waals surface area contributed by atoms with Gasteiger partial charge in [-0.05, 0) is 63.6 Å². The van der Waals surface area contributed by atoms with Crippen molar-refractivity contribution in [3.05, 3.63) is 60.9 Å². The zero-order valence-electron chi connectivity index (χ0n) is 15.8. The summed E-state index contributed by atoms with van der Waals surface area (Å²) in [5.74, 6) is 0.254. The van der Waals surface area contributed by atoms with Crippen molar-refractivity contribution in [2.75, 3.05) is 7.11 Å². The molecule has 10 heteroatoms. The third-order valence-electron chi connectivity index (χ3n) is 3.84. The third kappa shape index (κ3) is 5.57. The van der Waals surface area contributed by atoms with Gasteiger partial charge in [-0.15, -0.1) is 0 Å². The van der Waals surface area contributed by atoms with E-state index in [2.05, 4.69) is 26.2 Å². The fraction of sp³-hybridized carbons (Fsp3) is 0.150. The first kappa shape index (κ1) is 22.7. The number of hydrogen-bond donors (Lipinski definition) is 1. The summed E-state index contributed by atoms with van der Waals surface area (Å²) < 4.78 is 12.0. The largest absolute Gasteiger partial charge is 0.493 e. The van der Waals surface area contributed by atoms with Crippen LogP contribution in [0.15, 0.2) is 44.7 Å². The molecule has 1 aliphatic heterocycles. The van der Waals surface area contributed by atoms with Crippen LogP contribution in [-0.4, -0.2) is 24.1 Å². The third-order valence-corrected chi connectivity index (χ3v) is 5.92. The first-order valence-electron chi connectivity index (χ1n) is 8.51. The molecule has 2 aromatic carbocycles. The Morgan fingerprint density at radius 2 is 2.07 bits per heavy atom. The van der Waals surface area contributed by atoms with Crippen LogP contribution in [-0.2, 0) is 16.2 Å². The van der Waals surface area contributed by atoms with Gasteiger partial charge in [-0.3, -0.25) is 9.59 Å². The maximum atomic E-state index is 12.1. The van der Waals surface area contributed by atoms with Crippen molar-refractivity contribution in [1.29, 1.82) is 0 Å². The van der Waals surface area contributed by atoms with E-state index in [0.717, 1.165) is 17.3 Å². The SMILES string of the molecule is COc1cc(C=C2SC(NC(C)=O)=NC2=O)cc(Br)c1OCc1ccc(Cl)cc1Cl. The highest BCUT2D eigenvalue weighted by atomic mass is 79.9. The molecule has 0 atom stereocenters. The van der Waals surface area contributed by atoms with Crippen molar-refractivity contribution in [2.45, 2.75) is 13.5 Å². The molecule has 0 bridgehead atoms. The van der Waals surface area contributed by atoms with Crippen LogP contribution >= 0.6 is 50.9 Å². The summed E-state index contributed by atoms with van der Waals surface area (Å²) >= 11 is 16.7. The van der Waals surface area contributed by atoms with Crippen LogP contribution in [0.25, 0.3) is 6.08 Å². The fourth-order valence-electron chi connectivity index (χ4n) is 2.52. The lowest BCUT2D eigenvalue weighted by molar-refractivity contribution is -0.117. The summed E-state index contributed by atoms with van der Waals surface area (Å²) in [6.45, 7) is 1.57. The minimum absolute atomic E-state index is 0.216. The Hall–Kier alpha value is -2.00. The molecule has 1 heterocycles. The van der Waals surface area contributed by atoms with E-state index >= 15 is 0 Å². The van der Waals surface area contributed by atoms with E-state index in [0.29, 0.717) is 36.5 Å². The smallest absolute Gasteiger partial charge is 0.286 e. The second-order valence-corrected chi connectivity index (χ2v) is 8.80. The number of carbonyl (C=O) groups is 2. The first-order valence-corrected chi connectivity index (χ1v) is 10.9. The minimum atomic E-state index is -0.420. The molecule has 3 rings (SSSR count). The van der Waals surface area contributed by atoms with Gasteiger partial charge in [-0.1, -0.05) is 29.3 Å². The van der Waals surface area contributed by atoms with Crippen LogP contribution in [0.2, 0.25) is 10.0 Å². The molecule has 0 radical (unpaired) electrons. The van der Waals surface area contributed by atoms with E-state index in [1.165, 1.54) is 14.0 Å². The molecule has 0 unspecified atom stereocenters. The number of halogens is 3. The van der Waals surface area contributed by atoms with Gasteiger partial charge in [-0.25, -0.2) is 0 Å². The number of thioether (sulfide) groups is 1. The molecule has 1 N–H and O–H groups in total. The second-order valence-electron chi connectivity index (χ2n) is 6.07. The lowest BCUT2D eigenvalue weighted by Gasteiger charge is -2.14.